The van der Waals surface area contributed by atoms with Gasteiger partial charge in [-0.3, -0.25) is 10.2 Å². The summed E-state index contributed by atoms with van der Waals surface area (Å²) in [7, 11) is 0. The molecule has 0 aliphatic carbocycles. The minimum Gasteiger partial charge on any atom is -0.421 e. The van der Waals surface area contributed by atoms with Crippen molar-refractivity contribution in [1.82, 2.24) is 34.9 Å². The van der Waals surface area contributed by atoms with Gasteiger partial charge in [0.2, 0.25) is 0 Å². The van der Waals surface area contributed by atoms with E-state index in [1.165, 1.54) is 18.5 Å². The van der Waals surface area contributed by atoms with Gasteiger partial charge in [-0.25, -0.2) is 29.3 Å². The molecule has 4 heterocycles. The van der Waals surface area contributed by atoms with E-state index >= 15 is 4.39 Å². The van der Waals surface area contributed by atoms with Gasteiger partial charge in [-0.1, -0.05) is 6.58 Å². The number of benzene rings is 1. The molecule has 11 heteroatoms. The fourth-order valence-corrected chi connectivity index (χ4v) is 4.84. The van der Waals surface area contributed by atoms with E-state index in [9.17, 15) is 4.79 Å². The zero-order valence-corrected chi connectivity index (χ0v) is 20.6. The number of carbonyl (C=O) groups excluding carboxylic acids is 1. The van der Waals surface area contributed by atoms with Crippen LogP contribution in [0.15, 0.2) is 49.4 Å². The number of ether oxygens (including phenoxy) is 1. The number of nitrogen functional groups attached to an aromatic ring is 1. The summed E-state index contributed by atoms with van der Waals surface area (Å²) in [5.41, 5.74) is 13.6. The Hall–Kier alpha value is -4.38. The molecule has 1 aliphatic heterocycles. The molecule has 1 saturated heterocycles. The third-order valence-electron chi connectivity index (χ3n) is 6.46. The van der Waals surface area contributed by atoms with Crippen molar-refractivity contribution < 1.29 is 13.9 Å². The van der Waals surface area contributed by atoms with Crippen molar-refractivity contribution in [3.8, 4) is 17.4 Å². The van der Waals surface area contributed by atoms with Crippen LogP contribution in [0, 0.1) is 19.7 Å². The summed E-state index contributed by atoms with van der Waals surface area (Å²) in [5, 5.41) is 1.88. The van der Waals surface area contributed by atoms with Crippen molar-refractivity contribution in [2.24, 2.45) is 0 Å². The van der Waals surface area contributed by atoms with Crippen LogP contribution in [0.25, 0.3) is 16.7 Å². The molecule has 1 fully saturated rings. The Labute approximate surface area is 213 Å². The van der Waals surface area contributed by atoms with Gasteiger partial charge >= 0.3 is 6.01 Å². The summed E-state index contributed by atoms with van der Waals surface area (Å²) in [5.74, 6) is -0.521. The molecule has 1 unspecified atom stereocenters. The highest BCUT2D eigenvalue weighted by atomic mass is 19.1. The number of amides is 1. The average molecular weight is 503 g/mol. The van der Waals surface area contributed by atoms with Crippen molar-refractivity contribution in [3.05, 3.63) is 72.2 Å². The fourth-order valence-electron chi connectivity index (χ4n) is 4.84. The predicted octanol–water partition coefficient (Wildman–Crippen LogP) is 3.74. The van der Waals surface area contributed by atoms with Crippen LogP contribution >= 0.6 is 0 Å². The number of aromatic nitrogens is 5. The molecule has 0 saturated carbocycles. The minimum absolute atomic E-state index is 0.00397. The molecule has 0 spiro atoms. The van der Waals surface area contributed by atoms with Crippen molar-refractivity contribution in [3.63, 3.8) is 0 Å². The quantitative estimate of drug-likeness (QED) is 0.382. The third kappa shape index (κ3) is 4.73. The molecule has 190 valence electrons. The molecule has 3 aromatic heterocycles. The standard InChI is InChI=1S/C26H27FN8O2/c1-4-21(36)33-34-11-5-6-17(13-34)23-16(3)22-24(25(28)31-14-30-22)35(23)18-7-8-20(19(27)12-18)37-26-29-10-9-15(2)32-26/h4,7-10,12,14,17H,1,5-6,11,13H2,2-3H3,(H,33,36)(H2,28,30,31). The number of hydrazine groups is 1. The number of aryl methyl sites for hydroxylation is 2. The number of hydrogen-bond acceptors (Lipinski definition) is 8. The summed E-state index contributed by atoms with van der Waals surface area (Å²) in [6, 6.07) is 6.48. The van der Waals surface area contributed by atoms with Crippen molar-refractivity contribution in [2.45, 2.75) is 32.6 Å². The molecule has 37 heavy (non-hydrogen) atoms. The smallest absolute Gasteiger partial charge is 0.322 e. The van der Waals surface area contributed by atoms with Crippen LogP contribution in [0.1, 0.15) is 35.7 Å². The highest BCUT2D eigenvalue weighted by Gasteiger charge is 2.30. The number of anilines is 1. The van der Waals surface area contributed by atoms with Gasteiger partial charge in [-0.15, -0.1) is 0 Å². The Balaban J connectivity index is 1.58. The SMILES string of the molecule is C=CC(=O)NN1CCCC(c2c(C)c3ncnc(N)c3n2-c2ccc(Oc3nccc(C)n3)c(F)c2)C1. The number of nitrogens with two attached hydrogens (primary N) is 1. The number of carbonyl (C=O) groups is 1. The normalized spacial score (nSPS) is 16.0. The van der Waals surface area contributed by atoms with Gasteiger partial charge in [-0.05, 0) is 56.5 Å². The van der Waals surface area contributed by atoms with E-state index in [0.717, 1.165) is 30.6 Å². The number of nitrogens with one attached hydrogen (secondary N) is 1. The van der Waals surface area contributed by atoms with Crippen LogP contribution in [-0.4, -0.2) is 48.5 Å². The molecule has 1 atom stereocenters. The van der Waals surface area contributed by atoms with Gasteiger partial charge in [0.05, 0.1) is 5.52 Å². The molecule has 0 bridgehead atoms. The molecule has 1 amide bonds. The number of fused-ring (bicyclic) bond motifs is 1. The average Bonchev–Trinajstić information content (AvgIpc) is 3.19. The Morgan fingerprint density at radius 2 is 2.11 bits per heavy atom. The second kappa shape index (κ2) is 9.94. The topological polar surface area (TPSA) is 124 Å². The van der Waals surface area contributed by atoms with Crippen molar-refractivity contribution in [2.75, 3.05) is 18.8 Å². The Bertz CT molecular complexity index is 1500. The molecule has 10 nitrogen and oxygen atoms in total. The molecule has 1 aliphatic rings. The lowest BCUT2D eigenvalue weighted by atomic mass is 9.93. The first-order valence-corrected chi connectivity index (χ1v) is 11.9. The van der Waals surface area contributed by atoms with Crippen molar-refractivity contribution in [1.29, 1.82) is 0 Å². The van der Waals surface area contributed by atoms with Crippen LogP contribution in [-0.2, 0) is 4.79 Å². The minimum atomic E-state index is -0.577. The lowest BCUT2D eigenvalue weighted by Gasteiger charge is -2.33. The number of hydrogen-bond donors (Lipinski definition) is 2. The van der Waals surface area contributed by atoms with Crippen LogP contribution in [0.3, 0.4) is 0 Å². The van der Waals surface area contributed by atoms with Gasteiger partial charge in [0.1, 0.15) is 11.8 Å². The van der Waals surface area contributed by atoms with E-state index in [0.29, 0.717) is 34.8 Å². The maximum absolute atomic E-state index is 15.3. The van der Waals surface area contributed by atoms with Crippen LogP contribution in [0.5, 0.6) is 11.8 Å². The van der Waals surface area contributed by atoms with E-state index in [-0.39, 0.29) is 23.6 Å². The van der Waals surface area contributed by atoms with Gasteiger partial charge in [0, 0.05) is 48.3 Å². The Morgan fingerprint density at radius 3 is 2.86 bits per heavy atom. The van der Waals surface area contributed by atoms with Gasteiger partial charge in [-0.2, -0.15) is 0 Å². The lowest BCUT2D eigenvalue weighted by Crippen LogP contribution is -2.46. The number of nitrogens with zero attached hydrogens (tertiary/aromatic N) is 6. The van der Waals surface area contributed by atoms with Crippen LogP contribution in [0.4, 0.5) is 10.2 Å². The largest absolute Gasteiger partial charge is 0.421 e. The monoisotopic (exact) mass is 502 g/mol. The van der Waals surface area contributed by atoms with Gasteiger partial charge in [0.25, 0.3) is 5.91 Å². The van der Waals surface area contributed by atoms with Gasteiger partial charge < -0.3 is 15.0 Å². The molecular formula is C26H27FN8O2. The molecule has 5 rings (SSSR count). The zero-order valence-electron chi connectivity index (χ0n) is 20.6. The zero-order chi connectivity index (χ0) is 26.1. The molecule has 1 aromatic carbocycles. The number of piperidine rings is 1. The maximum atomic E-state index is 15.3. The van der Waals surface area contributed by atoms with Crippen LogP contribution < -0.4 is 15.9 Å². The van der Waals surface area contributed by atoms with Crippen LogP contribution in [0.2, 0.25) is 0 Å². The summed E-state index contributed by atoms with van der Waals surface area (Å²) in [4.78, 5) is 28.8. The highest BCUT2D eigenvalue weighted by molar-refractivity contribution is 5.91. The van der Waals surface area contributed by atoms with E-state index < -0.39 is 5.82 Å². The summed E-state index contributed by atoms with van der Waals surface area (Å²) < 4.78 is 22.8. The predicted molar refractivity (Wildman–Crippen MR) is 137 cm³/mol. The van der Waals surface area contributed by atoms with E-state index in [1.807, 2.05) is 16.5 Å². The number of rotatable bonds is 6. The summed E-state index contributed by atoms with van der Waals surface area (Å²) >= 11 is 0. The highest BCUT2D eigenvalue weighted by Crippen LogP contribution is 2.38. The molecular weight excluding hydrogens is 475 g/mol. The first kappa shape index (κ1) is 24.3. The second-order valence-corrected chi connectivity index (χ2v) is 8.96. The molecule has 3 N–H and O–H groups in total. The maximum Gasteiger partial charge on any atom is 0.322 e. The summed E-state index contributed by atoms with van der Waals surface area (Å²) in [6.07, 6.45) is 5.96. The fraction of sp³-hybridized carbons (Fsp3) is 0.269. The van der Waals surface area contributed by atoms with Gasteiger partial charge in [0.15, 0.2) is 17.4 Å². The first-order valence-electron chi connectivity index (χ1n) is 11.9. The lowest BCUT2D eigenvalue weighted by molar-refractivity contribution is -0.121. The Morgan fingerprint density at radius 1 is 1.27 bits per heavy atom. The van der Waals surface area contributed by atoms with E-state index in [1.54, 1.807) is 31.3 Å². The van der Waals surface area contributed by atoms with Crippen molar-refractivity contribution >= 4 is 22.8 Å². The summed E-state index contributed by atoms with van der Waals surface area (Å²) in [6.45, 7) is 8.60. The molecule has 4 aromatic rings. The van der Waals surface area contributed by atoms with E-state index in [4.69, 9.17) is 10.5 Å². The number of halogens is 1. The Kier molecular flexibility index (Phi) is 6.53. The first-order chi connectivity index (χ1) is 17.9. The third-order valence-corrected chi connectivity index (χ3v) is 6.46. The van der Waals surface area contributed by atoms with E-state index in [2.05, 4.69) is 31.9 Å². The molecule has 0 radical (unpaired) electrons. The second-order valence-electron chi connectivity index (χ2n) is 8.96.